The van der Waals surface area contributed by atoms with Crippen LogP contribution in [0.2, 0.25) is 0 Å². The van der Waals surface area contributed by atoms with E-state index in [4.69, 9.17) is 4.74 Å². The molecule has 5 nitrogen and oxygen atoms in total. The van der Waals surface area contributed by atoms with Gasteiger partial charge in [0, 0.05) is 0 Å². The molecule has 0 aliphatic carbocycles. The number of hydrogen-bond donors (Lipinski definition) is 2. The fraction of sp³-hybridized carbons (Fsp3) is 0.273. The molecule has 2 N–H and O–H groups in total. The van der Waals surface area contributed by atoms with Gasteiger partial charge in [-0.2, -0.15) is 5.10 Å². The van der Waals surface area contributed by atoms with Crippen molar-refractivity contribution in [2.75, 3.05) is 12.9 Å². The highest BCUT2D eigenvalue weighted by molar-refractivity contribution is 8.13. The Morgan fingerprint density at radius 3 is 2.59 bits per heavy atom. The first-order valence-electron chi connectivity index (χ1n) is 5.20. The van der Waals surface area contributed by atoms with Crippen molar-refractivity contribution in [2.24, 2.45) is 10.2 Å². The highest BCUT2D eigenvalue weighted by Crippen LogP contribution is 2.01. The molecule has 17 heavy (non-hydrogen) atoms. The van der Waals surface area contributed by atoms with E-state index in [0.717, 1.165) is 10.7 Å². The number of amidine groups is 2. The Balaban J connectivity index is 1.72. The molecular weight excluding hydrogens is 236 g/mol. The van der Waals surface area contributed by atoms with Gasteiger partial charge < -0.3 is 4.74 Å². The lowest BCUT2D eigenvalue weighted by Crippen LogP contribution is -2.34. The van der Waals surface area contributed by atoms with Crippen molar-refractivity contribution < 1.29 is 4.74 Å². The van der Waals surface area contributed by atoms with Gasteiger partial charge in [-0.3, -0.25) is 10.9 Å². The van der Waals surface area contributed by atoms with Gasteiger partial charge in [0.05, 0.1) is 6.61 Å². The van der Waals surface area contributed by atoms with Crippen molar-refractivity contribution in [1.82, 2.24) is 10.9 Å². The van der Waals surface area contributed by atoms with Crippen molar-refractivity contribution in [3.8, 4) is 0 Å². The molecule has 0 bridgehead atoms. The summed E-state index contributed by atoms with van der Waals surface area (Å²) in [5.74, 6) is 0.679. The zero-order chi connectivity index (χ0) is 11.9. The van der Waals surface area contributed by atoms with Crippen LogP contribution in [0.1, 0.15) is 5.56 Å². The lowest BCUT2D eigenvalue weighted by Gasteiger charge is -2.13. The summed E-state index contributed by atoms with van der Waals surface area (Å²) in [6, 6.07) is 10.0. The third-order valence-corrected chi connectivity index (χ3v) is 2.69. The molecule has 0 spiro atoms. The summed E-state index contributed by atoms with van der Waals surface area (Å²) in [7, 11) is 0. The minimum Gasteiger partial charge on any atom is -0.369 e. The quantitative estimate of drug-likeness (QED) is 0.846. The van der Waals surface area contributed by atoms with Crippen molar-refractivity contribution in [3.63, 3.8) is 0 Å². The van der Waals surface area contributed by atoms with Crippen molar-refractivity contribution in [3.05, 3.63) is 35.9 Å². The van der Waals surface area contributed by atoms with Gasteiger partial charge >= 0.3 is 0 Å². The van der Waals surface area contributed by atoms with E-state index in [9.17, 15) is 0 Å². The number of nitrogens with zero attached hydrogens (tertiary/aromatic N) is 2. The molecule has 1 heterocycles. The molecule has 1 aliphatic heterocycles. The van der Waals surface area contributed by atoms with Crippen LogP contribution in [-0.4, -0.2) is 23.9 Å². The smallest absolute Gasteiger partial charge is 0.200 e. The Morgan fingerprint density at radius 2 is 1.94 bits per heavy atom. The minimum absolute atomic E-state index is 0.410. The average molecular weight is 250 g/mol. The zero-order valence-electron chi connectivity index (χ0n) is 9.51. The molecule has 0 saturated heterocycles. The van der Waals surface area contributed by atoms with Crippen molar-refractivity contribution in [1.29, 1.82) is 0 Å². The second kappa shape index (κ2) is 6.27. The van der Waals surface area contributed by atoms with Gasteiger partial charge in [-0.1, -0.05) is 42.1 Å². The number of benzene rings is 1. The molecule has 1 aromatic carbocycles. The van der Waals surface area contributed by atoms with Crippen LogP contribution in [0.25, 0.3) is 0 Å². The van der Waals surface area contributed by atoms with E-state index in [1.54, 1.807) is 0 Å². The molecule has 2 rings (SSSR count). The van der Waals surface area contributed by atoms with Gasteiger partial charge in [0.2, 0.25) is 5.17 Å². The van der Waals surface area contributed by atoms with E-state index >= 15 is 0 Å². The Morgan fingerprint density at radius 1 is 1.12 bits per heavy atom. The summed E-state index contributed by atoms with van der Waals surface area (Å²) in [6.45, 7) is 0.980. The van der Waals surface area contributed by atoms with Crippen LogP contribution in [0, 0.1) is 0 Å². The van der Waals surface area contributed by atoms with Gasteiger partial charge in [0.15, 0.2) is 5.84 Å². The predicted molar refractivity (Wildman–Crippen MR) is 70.8 cm³/mol. The van der Waals surface area contributed by atoms with E-state index in [-0.39, 0.29) is 0 Å². The predicted octanol–water partition coefficient (Wildman–Crippen LogP) is 1.34. The Bertz CT molecular complexity index is 419. The van der Waals surface area contributed by atoms with E-state index in [0.29, 0.717) is 19.0 Å². The highest BCUT2D eigenvalue weighted by Gasteiger charge is 2.06. The van der Waals surface area contributed by atoms with Crippen LogP contribution >= 0.6 is 11.8 Å². The third-order valence-electron chi connectivity index (χ3n) is 2.12. The van der Waals surface area contributed by atoms with Crippen LogP contribution in [-0.2, 0) is 11.3 Å². The Hall–Kier alpha value is -1.53. The van der Waals surface area contributed by atoms with E-state index in [1.165, 1.54) is 11.8 Å². The number of thioether (sulfide) groups is 1. The number of rotatable bonds is 4. The average Bonchev–Trinajstić information content (AvgIpc) is 2.41. The van der Waals surface area contributed by atoms with Crippen molar-refractivity contribution >= 4 is 22.8 Å². The molecule has 0 amide bonds. The molecule has 0 radical (unpaired) electrons. The van der Waals surface area contributed by atoms with Gasteiger partial charge in [0.25, 0.3) is 0 Å². The molecule has 0 unspecified atom stereocenters. The highest BCUT2D eigenvalue weighted by atomic mass is 32.2. The van der Waals surface area contributed by atoms with Crippen LogP contribution < -0.4 is 10.9 Å². The largest absolute Gasteiger partial charge is 0.369 e. The molecule has 1 aromatic rings. The number of ether oxygens (including phenoxy) is 1. The first-order chi connectivity index (χ1) is 8.38. The van der Waals surface area contributed by atoms with Gasteiger partial charge in [-0.25, -0.2) is 0 Å². The van der Waals surface area contributed by atoms with Crippen molar-refractivity contribution in [2.45, 2.75) is 6.61 Å². The summed E-state index contributed by atoms with van der Waals surface area (Å²) in [6.07, 6.45) is 1.93. The second-order valence-corrected chi connectivity index (χ2v) is 4.18. The standard InChI is InChI=1S/C11H14N4OS/c1-17-11-14-12-10(13-15-11)8-16-7-9-5-3-2-4-6-9/h2-6H,7-8H2,1H3,(H,12,13)(H,14,15). The van der Waals surface area contributed by atoms with Crippen LogP contribution in [0.5, 0.6) is 0 Å². The first kappa shape index (κ1) is 11.9. The maximum Gasteiger partial charge on any atom is 0.200 e. The summed E-state index contributed by atoms with van der Waals surface area (Å²) >= 11 is 1.50. The molecular formula is C11H14N4OS. The van der Waals surface area contributed by atoms with Crippen LogP contribution in [0.3, 0.4) is 0 Å². The fourth-order valence-corrected chi connectivity index (χ4v) is 1.55. The van der Waals surface area contributed by atoms with E-state index in [2.05, 4.69) is 21.1 Å². The molecule has 6 heteroatoms. The molecule has 0 aromatic heterocycles. The monoisotopic (exact) mass is 250 g/mol. The molecule has 90 valence electrons. The fourth-order valence-electron chi connectivity index (χ4n) is 1.28. The van der Waals surface area contributed by atoms with Gasteiger partial charge in [-0.05, 0) is 11.8 Å². The maximum absolute atomic E-state index is 5.52. The minimum atomic E-state index is 0.410. The summed E-state index contributed by atoms with van der Waals surface area (Å²) in [5, 5.41) is 8.90. The normalized spacial score (nSPS) is 14.4. The Kier molecular flexibility index (Phi) is 4.40. The topological polar surface area (TPSA) is 58.0 Å². The van der Waals surface area contributed by atoms with Crippen LogP contribution in [0.4, 0.5) is 0 Å². The van der Waals surface area contributed by atoms with Crippen LogP contribution in [0.15, 0.2) is 40.5 Å². The Labute approximate surface area is 104 Å². The third kappa shape index (κ3) is 3.76. The zero-order valence-corrected chi connectivity index (χ0v) is 10.3. The summed E-state index contributed by atoms with van der Waals surface area (Å²) in [4.78, 5) is 0. The first-order valence-corrected chi connectivity index (χ1v) is 6.43. The SMILES string of the molecule is CSC1=NNC(COCc2ccccc2)=NN1. The maximum atomic E-state index is 5.52. The lowest BCUT2D eigenvalue weighted by atomic mass is 10.2. The summed E-state index contributed by atoms with van der Waals surface area (Å²) < 4.78 is 5.52. The number of hydrazone groups is 2. The second-order valence-electron chi connectivity index (χ2n) is 3.38. The molecule has 0 atom stereocenters. The molecule has 0 saturated carbocycles. The molecule has 1 aliphatic rings. The lowest BCUT2D eigenvalue weighted by molar-refractivity contribution is 0.156. The summed E-state index contributed by atoms with van der Waals surface area (Å²) in [5.41, 5.74) is 6.81. The van der Waals surface area contributed by atoms with Gasteiger partial charge in [0.1, 0.15) is 6.61 Å². The van der Waals surface area contributed by atoms with E-state index < -0.39 is 0 Å². The number of nitrogens with one attached hydrogen (secondary N) is 2. The van der Waals surface area contributed by atoms with Gasteiger partial charge in [-0.15, -0.1) is 5.10 Å². The van der Waals surface area contributed by atoms with E-state index in [1.807, 2.05) is 36.6 Å². The number of hydrogen-bond acceptors (Lipinski definition) is 6. The molecule has 0 fully saturated rings.